The van der Waals surface area contributed by atoms with E-state index in [9.17, 15) is 34.0 Å². The maximum atomic E-state index is 14.2. The van der Waals surface area contributed by atoms with Crippen molar-refractivity contribution in [3.8, 4) is 22.4 Å². The molecule has 1 heterocycles. The standard InChI is InChI=1S/C37H40FN3O8/c1-25(2)35-34(37(45)39-29-13-7-4-8-14-29)33(26-11-5-3-6-12-26)36(27-15-17-28(38)18-16-27)40(35)20-19-30(42)23-31(43)24-32(44)48-21-9-10-22-49-41(46)47/h3-8,11-18,25,30,42H,9-10,19-24H2,1-2H3,(H,39,45)/t30-/m1/s1. The second-order valence-electron chi connectivity index (χ2n) is 11.8. The third-order valence-electron chi connectivity index (χ3n) is 7.78. The Labute approximate surface area is 283 Å². The number of amides is 1. The van der Waals surface area contributed by atoms with Crippen LogP contribution in [0.2, 0.25) is 0 Å². The summed E-state index contributed by atoms with van der Waals surface area (Å²) in [5.74, 6) is -2.15. The molecule has 4 aromatic rings. The molecule has 1 aromatic heterocycles. The number of esters is 1. The van der Waals surface area contributed by atoms with Gasteiger partial charge in [0.25, 0.3) is 11.0 Å². The maximum absolute atomic E-state index is 14.2. The van der Waals surface area contributed by atoms with Gasteiger partial charge in [-0.25, -0.2) is 4.39 Å². The number of nitrogens with zero attached hydrogens (tertiary/aromatic N) is 2. The minimum absolute atomic E-state index is 0.0164. The number of carbonyl (C=O) groups is 3. The zero-order chi connectivity index (χ0) is 35.3. The number of carbonyl (C=O) groups excluding carboxylic acids is 3. The number of Topliss-reactive ketones (excluding diaryl/α,β-unsaturated/α-hetero) is 1. The predicted octanol–water partition coefficient (Wildman–Crippen LogP) is 6.97. The molecule has 0 unspecified atom stereocenters. The van der Waals surface area contributed by atoms with Gasteiger partial charge in [0.2, 0.25) is 0 Å². The number of aliphatic hydroxyl groups is 1. The van der Waals surface area contributed by atoms with Gasteiger partial charge in [0.1, 0.15) is 18.0 Å². The molecule has 0 fully saturated rings. The number of unbranched alkanes of at least 4 members (excludes halogenated alkanes) is 1. The molecule has 49 heavy (non-hydrogen) atoms. The Morgan fingerprint density at radius 3 is 2.18 bits per heavy atom. The summed E-state index contributed by atoms with van der Waals surface area (Å²) in [4.78, 5) is 53.3. The summed E-state index contributed by atoms with van der Waals surface area (Å²) in [6.45, 7) is 4.01. The van der Waals surface area contributed by atoms with E-state index in [2.05, 4.69) is 10.2 Å². The number of benzene rings is 3. The van der Waals surface area contributed by atoms with E-state index in [0.717, 1.165) is 5.56 Å². The molecule has 0 radical (unpaired) electrons. The zero-order valence-electron chi connectivity index (χ0n) is 27.5. The van der Waals surface area contributed by atoms with Gasteiger partial charge in [0.05, 0.1) is 30.6 Å². The lowest BCUT2D eigenvalue weighted by atomic mass is 9.94. The average Bonchev–Trinajstić information content (AvgIpc) is 3.42. The van der Waals surface area contributed by atoms with Crippen LogP contribution in [0.4, 0.5) is 10.1 Å². The van der Waals surface area contributed by atoms with Gasteiger partial charge in [0, 0.05) is 29.9 Å². The molecule has 0 spiro atoms. The largest absolute Gasteiger partial charge is 0.465 e. The molecule has 4 rings (SSSR count). The number of anilines is 1. The van der Waals surface area contributed by atoms with Crippen LogP contribution in [0, 0.1) is 15.9 Å². The van der Waals surface area contributed by atoms with Crippen molar-refractivity contribution in [2.45, 2.75) is 64.5 Å². The van der Waals surface area contributed by atoms with Crippen molar-refractivity contribution in [1.29, 1.82) is 0 Å². The fourth-order valence-electron chi connectivity index (χ4n) is 5.66. The topological polar surface area (TPSA) is 150 Å². The van der Waals surface area contributed by atoms with E-state index in [4.69, 9.17) is 4.74 Å². The van der Waals surface area contributed by atoms with E-state index in [1.807, 2.05) is 66.9 Å². The van der Waals surface area contributed by atoms with E-state index in [-0.39, 0.29) is 44.4 Å². The lowest BCUT2D eigenvalue weighted by Gasteiger charge is -2.19. The summed E-state index contributed by atoms with van der Waals surface area (Å²) in [7, 11) is 0. The molecular weight excluding hydrogens is 633 g/mol. The van der Waals surface area contributed by atoms with E-state index >= 15 is 0 Å². The lowest BCUT2D eigenvalue weighted by Crippen LogP contribution is -2.21. The first-order valence-electron chi connectivity index (χ1n) is 16.1. The van der Waals surface area contributed by atoms with Crippen LogP contribution in [0.1, 0.15) is 67.9 Å². The summed E-state index contributed by atoms with van der Waals surface area (Å²) in [6, 6.07) is 24.5. The Bertz CT molecular complexity index is 1720. The van der Waals surface area contributed by atoms with Crippen molar-refractivity contribution in [3.05, 3.63) is 112 Å². The third-order valence-corrected chi connectivity index (χ3v) is 7.78. The van der Waals surface area contributed by atoms with Crippen molar-refractivity contribution >= 4 is 23.3 Å². The smallest absolute Gasteiger partial charge is 0.313 e. The molecule has 258 valence electrons. The fraction of sp³-hybridized carbons (Fsp3) is 0.324. The number of aromatic nitrogens is 1. The van der Waals surface area contributed by atoms with E-state index in [1.54, 1.807) is 24.3 Å². The van der Waals surface area contributed by atoms with Crippen LogP contribution in [-0.4, -0.2) is 51.7 Å². The Morgan fingerprint density at radius 1 is 0.918 bits per heavy atom. The Hall–Kier alpha value is -5.36. The van der Waals surface area contributed by atoms with Gasteiger partial charge in [-0.05, 0) is 72.7 Å². The Balaban J connectivity index is 1.61. The van der Waals surface area contributed by atoms with E-state index in [1.165, 1.54) is 12.1 Å². The van der Waals surface area contributed by atoms with Crippen LogP contribution in [0.5, 0.6) is 0 Å². The number of halogens is 1. The zero-order valence-corrected chi connectivity index (χ0v) is 27.5. The van der Waals surface area contributed by atoms with Crippen molar-refractivity contribution in [2.24, 2.45) is 0 Å². The van der Waals surface area contributed by atoms with Crippen molar-refractivity contribution in [3.63, 3.8) is 0 Å². The molecule has 0 saturated heterocycles. The molecule has 0 aliphatic heterocycles. The van der Waals surface area contributed by atoms with E-state index in [0.29, 0.717) is 46.6 Å². The molecule has 1 amide bonds. The predicted molar refractivity (Wildman–Crippen MR) is 182 cm³/mol. The summed E-state index contributed by atoms with van der Waals surface area (Å²) >= 11 is 0. The molecule has 1 atom stereocenters. The molecule has 2 N–H and O–H groups in total. The first-order chi connectivity index (χ1) is 23.5. The van der Waals surface area contributed by atoms with Crippen LogP contribution in [0.25, 0.3) is 22.4 Å². The third kappa shape index (κ3) is 10.3. The highest BCUT2D eigenvalue weighted by Crippen LogP contribution is 2.42. The number of hydrogen-bond acceptors (Lipinski definition) is 8. The number of hydrogen-bond donors (Lipinski definition) is 2. The molecule has 0 aliphatic carbocycles. The van der Waals surface area contributed by atoms with Crippen LogP contribution in [0.15, 0.2) is 84.9 Å². The second-order valence-corrected chi connectivity index (χ2v) is 11.8. The van der Waals surface area contributed by atoms with Gasteiger partial charge >= 0.3 is 5.97 Å². The van der Waals surface area contributed by atoms with Gasteiger partial charge in [0.15, 0.2) is 0 Å². The van der Waals surface area contributed by atoms with Crippen molar-refractivity contribution in [1.82, 2.24) is 4.57 Å². The minimum atomic E-state index is -1.11. The molecule has 0 aliphatic rings. The molecule has 0 saturated carbocycles. The summed E-state index contributed by atoms with van der Waals surface area (Å²) in [6.07, 6.45) is -1.16. The monoisotopic (exact) mass is 673 g/mol. The lowest BCUT2D eigenvalue weighted by molar-refractivity contribution is -0.757. The average molecular weight is 674 g/mol. The van der Waals surface area contributed by atoms with Crippen LogP contribution >= 0.6 is 0 Å². The quantitative estimate of drug-likeness (QED) is 0.0378. The molecule has 12 heteroatoms. The normalized spacial score (nSPS) is 11.6. The summed E-state index contributed by atoms with van der Waals surface area (Å²) in [5.41, 5.74) is 4.54. The highest BCUT2D eigenvalue weighted by atomic mass is 19.1. The van der Waals surface area contributed by atoms with Crippen molar-refractivity contribution in [2.75, 3.05) is 18.5 Å². The first kappa shape index (κ1) is 36.5. The Morgan fingerprint density at radius 2 is 1.55 bits per heavy atom. The van der Waals surface area contributed by atoms with Crippen LogP contribution < -0.4 is 5.32 Å². The van der Waals surface area contributed by atoms with Crippen molar-refractivity contribution < 1.29 is 38.5 Å². The number of rotatable bonds is 18. The number of ether oxygens (including phenoxy) is 1. The molecule has 11 nitrogen and oxygen atoms in total. The fourth-order valence-corrected chi connectivity index (χ4v) is 5.66. The van der Waals surface area contributed by atoms with Gasteiger partial charge in [-0.1, -0.05) is 62.4 Å². The van der Waals surface area contributed by atoms with Gasteiger partial charge in [-0.2, -0.15) is 0 Å². The van der Waals surface area contributed by atoms with Crippen LogP contribution in [-0.2, 0) is 25.7 Å². The molecular formula is C37H40FN3O8. The number of aliphatic hydroxyl groups excluding tert-OH is 1. The number of para-hydroxylation sites is 1. The first-order valence-corrected chi connectivity index (χ1v) is 16.1. The Kier molecular flexibility index (Phi) is 13.2. The van der Waals surface area contributed by atoms with E-state index < -0.39 is 35.2 Å². The van der Waals surface area contributed by atoms with Gasteiger partial charge in [-0.3, -0.25) is 14.4 Å². The van der Waals surface area contributed by atoms with Crippen LogP contribution in [0.3, 0.4) is 0 Å². The number of nitrogens with one attached hydrogen (secondary N) is 1. The number of ketones is 1. The summed E-state index contributed by atoms with van der Waals surface area (Å²) in [5, 5.41) is 23.3. The highest BCUT2D eigenvalue weighted by molar-refractivity contribution is 6.12. The second kappa shape index (κ2) is 17.7. The maximum Gasteiger partial charge on any atom is 0.313 e. The highest BCUT2D eigenvalue weighted by Gasteiger charge is 2.31. The summed E-state index contributed by atoms with van der Waals surface area (Å²) < 4.78 is 21.1. The van der Waals surface area contributed by atoms with Gasteiger partial charge < -0.3 is 24.6 Å². The van der Waals surface area contributed by atoms with Gasteiger partial charge in [-0.15, -0.1) is 10.1 Å². The SMILES string of the molecule is CC(C)c1c(C(=O)Nc2ccccc2)c(-c2ccccc2)c(-c2ccc(F)cc2)n1CC[C@@H](O)CC(=O)CC(=O)OCCCCO[N+](=O)[O-]. The molecule has 0 bridgehead atoms. The molecule has 3 aromatic carbocycles. The minimum Gasteiger partial charge on any atom is -0.465 e.